The van der Waals surface area contributed by atoms with Crippen LogP contribution in [0.4, 0.5) is 0 Å². The number of benzene rings is 1. The SMILES string of the molecule is CCCn1c(=O)c2ccccc2n2c(SCC(=O)NC(C)(C)CC)nnc12. The Hall–Kier alpha value is -2.35. The summed E-state index contributed by atoms with van der Waals surface area (Å²) in [5.74, 6) is 0.706. The largest absolute Gasteiger partial charge is 0.351 e. The standard InChI is InChI=1S/C19H25N5O2S/c1-5-11-23-16(26)13-9-7-8-10-14(13)24-17(23)21-22-18(24)27-12-15(25)20-19(3,4)6-2/h7-10H,5-6,11-12H2,1-4H3,(H,20,25). The van der Waals surface area contributed by atoms with Crippen LogP contribution in [-0.2, 0) is 11.3 Å². The number of carbonyl (C=O) groups excluding carboxylic acids is 1. The number of rotatable bonds is 7. The highest BCUT2D eigenvalue weighted by Gasteiger charge is 2.20. The molecule has 0 radical (unpaired) electrons. The summed E-state index contributed by atoms with van der Waals surface area (Å²) in [7, 11) is 0. The van der Waals surface area contributed by atoms with E-state index in [0.29, 0.717) is 22.9 Å². The predicted octanol–water partition coefficient (Wildman–Crippen LogP) is 2.85. The molecule has 7 nitrogen and oxygen atoms in total. The second-order valence-electron chi connectivity index (χ2n) is 7.17. The number of nitrogens with one attached hydrogen (secondary N) is 1. The number of aryl methyl sites for hydroxylation is 1. The van der Waals surface area contributed by atoms with E-state index in [-0.39, 0.29) is 22.8 Å². The molecule has 1 N–H and O–H groups in total. The van der Waals surface area contributed by atoms with Gasteiger partial charge in [0, 0.05) is 12.1 Å². The highest BCUT2D eigenvalue weighted by molar-refractivity contribution is 7.99. The molecule has 0 atom stereocenters. The average Bonchev–Trinajstić information content (AvgIpc) is 3.07. The molecule has 27 heavy (non-hydrogen) atoms. The Labute approximate surface area is 162 Å². The lowest BCUT2D eigenvalue weighted by Crippen LogP contribution is -2.43. The van der Waals surface area contributed by atoms with E-state index in [1.165, 1.54) is 11.8 Å². The summed E-state index contributed by atoms with van der Waals surface area (Å²) in [5.41, 5.74) is 0.455. The molecule has 0 aliphatic heterocycles. The summed E-state index contributed by atoms with van der Waals surface area (Å²) in [6.45, 7) is 8.63. The van der Waals surface area contributed by atoms with Crippen LogP contribution in [0.2, 0.25) is 0 Å². The fraction of sp³-hybridized carbons (Fsp3) is 0.474. The van der Waals surface area contributed by atoms with Gasteiger partial charge in [-0.1, -0.05) is 37.7 Å². The fourth-order valence-corrected chi connectivity index (χ4v) is 3.62. The van der Waals surface area contributed by atoms with Gasteiger partial charge in [0.15, 0.2) is 5.16 Å². The van der Waals surface area contributed by atoms with Gasteiger partial charge in [0.05, 0.1) is 16.7 Å². The van der Waals surface area contributed by atoms with Gasteiger partial charge in [0.1, 0.15) is 0 Å². The molecule has 144 valence electrons. The lowest BCUT2D eigenvalue weighted by molar-refractivity contribution is -0.120. The number of hydrogen-bond acceptors (Lipinski definition) is 5. The first kappa shape index (κ1) is 19.4. The van der Waals surface area contributed by atoms with E-state index >= 15 is 0 Å². The Morgan fingerprint density at radius 2 is 1.96 bits per heavy atom. The first-order valence-corrected chi connectivity index (χ1v) is 10.2. The van der Waals surface area contributed by atoms with E-state index in [1.807, 2.05) is 56.4 Å². The topological polar surface area (TPSA) is 81.3 Å². The van der Waals surface area contributed by atoms with Crippen LogP contribution in [0, 0.1) is 0 Å². The molecule has 0 unspecified atom stereocenters. The zero-order chi connectivity index (χ0) is 19.6. The van der Waals surface area contributed by atoms with E-state index < -0.39 is 0 Å². The van der Waals surface area contributed by atoms with Crippen LogP contribution in [0.5, 0.6) is 0 Å². The Balaban J connectivity index is 2.00. The number of para-hydroxylation sites is 1. The number of nitrogens with zero attached hydrogens (tertiary/aromatic N) is 4. The lowest BCUT2D eigenvalue weighted by Gasteiger charge is -2.24. The van der Waals surface area contributed by atoms with Crippen LogP contribution in [0.3, 0.4) is 0 Å². The van der Waals surface area contributed by atoms with Crippen LogP contribution in [0.15, 0.2) is 34.2 Å². The Morgan fingerprint density at radius 1 is 1.22 bits per heavy atom. The summed E-state index contributed by atoms with van der Waals surface area (Å²) < 4.78 is 3.52. The first-order valence-electron chi connectivity index (χ1n) is 9.18. The van der Waals surface area contributed by atoms with Crippen molar-refractivity contribution < 1.29 is 4.79 Å². The fourth-order valence-electron chi connectivity index (χ4n) is 2.88. The lowest BCUT2D eigenvalue weighted by atomic mass is 10.0. The van der Waals surface area contributed by atoms with Gasteiger partial charge in [-0.15, -0.1) is 10.2 Å². The quantitative estimate of drug-likeness (QED) is 0.631. The van der Waals surface area contributed by atoms with Crippen molar-refractivity contribution in [3.8, 4) is 0 Å². The third kappa shape index (κ3) is 3.85. The smallest absolute Gasteiger partial charge is 0.262 e. The maximum absolute atomic E-state index is 12.8. The highest BCUT2D eigenvalue weighted by atomic mass is 32.2. The van der Waals surface area contributed by atoms with E-state index in [2.05, 4.69) is 15.5 Å². The highest BCUT2D eigenvalue weighted by Crippen LogP contribution is 2.22. The van der Waals surface area contributed by atoms with Crippen molar-refractivity contribution in [3.05, 3.63) is 34.6 Å². The van der Waals surface area contributed by atoms with E-state index in [4.69, 9.17) is 0 Å². The average molecular weight is 388 g/mol. The molecule has 1 amide bonds. The Kier molecular flexibility index (Phi) is 5.55. The van der Waals surface area contributed by atoms with Gasteiger partial charge in [-0.3, -0.25) is 18.6 Å². The van der Waals surface area contributed by atoms with E-state index in [1.54, 1.807) is 4.57 Å². The number of aromatic nitrogens is 4. The van der Waals surface area contributed by atoms with Gasteiger partial charge in [-0.2, -0.15) is 0 Å². The van der Waals surface area contributed by atoms with E-state index in [0.717, 1.165) is 18.4 Å². The van der Waals surface area contributed by atoms with Gasteiger partial charge < -0.3 is 5.32 Å². The third-order valence-electron chi connectivity index (χ3n) is 4.62. The van der Waals surface area contributed by atoms with Crippen LogP contribution in [-0.4, -0.2) is 36.4 Å². The maximum atomic E-state index is 12.8. The molecule has 0 spiro atoms. The van der Waals surface area contributed by atoms with Crippen molar-refractivity contribution in [3.63, 3.8) is 0 Å². The Morgan fingerprint density at radius 3 is 2.67 bits per heavy atom. The molecular formula is C19H25N5O2S. The van der Waals surface area contributed by atoms with Gasteiger partial charge in [0.25, 0.3) is 5.56 Å². The minimum absolute atomic E-state index is 0.0465. The van der Waals surface area contributed by atoms with Crippen molar-refractivity contribution in [1.29, 1.82) is 0 Å². The molecule has 0 aliphatic rings. The molecule has 0 fully saturated rings. The summed E-state index contributed by atoms with van der Waals surface area (Å²) in [6, 6.07) is 7.43. The first-order chi connectivity index (χ1) is 12.9. The third-order valence-corrected chi connectivity index (χ3v) is 5.55. The number of thioether (sulfide) groups is 1. The summed E-state index contributed by atoms with van der Waals surface area (Å²) in [6.07, 6.45) is 1.67. The van der Waals surface area contributed by atoms with E-state index in [9.17, 15) is 9.59 Å². The summed E-state index contributed by atoms with van der Waals surface area (Å²) in [5, 5.41) is 12.7. The maximum Gasteiger partial charge on any atom is 0.262 e. The van der Waals surface area contributed by atoms with Gasteiger partial charge in [-0.25, -0.2) is 0 Å². The molecule has 8 heteroatoms. The van der Waals surface area contributed by atoms with Crippen molar-refractivity contribution in [2.45, 2.75) is 57.8 Å². The number of carbonyl (C=O) groups is 1. The summed E-state index contributed by atoms with van der Waals surface area (Å²) in [4.78, 5) is 25.1. The van der Waals surface area contributed by atoms with Crippen LogP contribution >= 0.6 is 11.8 Å². The Bertz CT molecular complexity index is 1040. The molecule has 0 bridgehead atoms. The number of fused-ring (bicyclic) bond motifs is 3. The molecule has 3 rings (SSSR count). The monoisotopic (exact) mass is 387 g/mol. The summed E-state index contributed by atoms with van der Waals surface area (Å²) >= 11 is 1.33. The van der Waals surface area contributed by atoms with Crippen molar-refractivity contribution >= 4 is 34.3 Å². The van der Waals surface area contributed by atoms with Gasteiger partial charge in [-0.05, 0) is 38.8 Å². The second-order valence-corrected chi connectivity index (χ2v) is 8.11. The zero-order valence-corrected chi connectivity index (χ0v) is 17.0. The normalized spacial score (nSPS) is 12.0. The molecule has 1 aromatic carbocycles. The molecule has 0 aliphatic carbocycles. The molecular weight excluding hydrogens is 362 g/mol. The van der Waals surface area contributed by atoms with Gasteiger partial charge in [0.2, 0.25) is 11.7 Å². The van der Waals surface area contributed by atoms with Crippen LogP contribution in [0.1, 0.15) is 40.5 Å². The molecule has 2 heterocycles. The minimum Gasteiger partial charge on any atom is -0.351 e. The molecule has 0 saturated heterocycles. The van der Waals surface area contributed by atoms with Crippen LogP contribution < -0.4 is 10.9 Å². The molecule has 3 aromatic rings. The second kappa shape index (κ2) is 7.72. The molecule has 2 aromatic heterocycles. The number of hydrogen-bond donors (Lipinski definition) is 1. The van der Waals surface area contributed by atoms with Crippen LogP contribution in [0.25, 0.3) is 16.7 Å². The van der Waals surface area contributed by atoms with Gasteiger partial charge >= 0.3 is 0 Å². The van der Waals surface area contributed by atoms with Crippen molar-refractivity contribution in [1.82, 2.24) is 24.5 Å². The number of amides is 1. The minimum atomic E-state index is -0.237. The zero-order valence-electron chi connectivity index (χ0n) is 16.2. The predicted molar refractivity (Wildman–Crippen MR) is 108 cm³/mol. The molecule has 0 saturated carbocycles. The van der Waals surface area contributed by atoms with Crippen molar-refractivity contribution in [2.24, 2.45) is 0 Å². The van der Waals surface area contributed by atoms with Crippen molar-refractivity contribution in [2.75, 3.05) is 5.75 Å².